The summed E-state index contributed by atoms with van der Waals surface area (Å²) in [5, 5.41) is 6.23. The SMILES string of the molecule is Cc1nc(CCNC2CC(=O)N(C(C)C)C2=O)cs1. The highest BCUT2D eigenvalue weighted by molar-refractivity contribution is 7.09. The molecule has 1 unspecified atom stereocenters. The second-order valence-corrected chi connectivity index (χ2v) is 6.08. The van der Waals surface area contributed by atoms with Crippen LogP contribution in [-0.2, 0) is 16.0 Å². The van der Waals surface area contributed by atoms with Gasteiger partial charge in [-0.15, -0.1) is 11.3 Å². The zero-order chi connectivity index (χ0) is 14.0. The number of amides is 2. The maximum atomic E-state index is 12.0. The Morgan fingerprint density at radius 2 is 2.26 bits per heavy atom. The largest absolute Gasteiger partial charge is 0.305 e. The predicted molar refractivity (Wildman–Crippen MR) is 74.0 cm³/mol. The Balaban J connectivity index is 1.84. The molecule has 6 heteroatoms. The van der Waals surface area contributed by atoms with Gasteiger partial charge < -0.3 is 5.32 Å². The number of nitrogens with zero attached hydrogens (tertiary/aromatic N) is 2. The van der Waals surface area contributed by atoms with Gasteiger partial charge >= 0.3 is 0 Å². The molecule has 0 bridgehead atoms. The highest BCUT2D eigenvalue weighted by Crippen LogP contribution is 2.16. The molecule has 1 N–H and O–H groups in total. The van der Waals surface area contributed by atoms with Crippen LogP contribution in [0.3, 0.4) is 0 Å². The Morgan fingerprint density at radius 1 is 1.53 bits per heavy atom. The minimum Gasteiger partial charge on any atom is -0.305 e. The fourth-order valence-corrected chi connectivity index (χ4v) is 2.90. The van der Waals surface area contributed by atoms with Crippen molar-refractivity contribution in [3.05, 3.63) is 16.1 Å². The fraction of sp³-hybridized carbons (Fsp3) is 0.615. The zero-order valence-electron chi connectivity index (χ0n) is 11.5. The molecule has 5 nitrogen and oxygen atoms in total. The quantitative estimate of drug-likeness (QED) is 0.822. The van der Waals surface area contributed by atoms with E-state index in [0.29, 0.717) is 6.54 Å². The molecular formula is C13H19N3O2S. The lowest BCUT2D eigenvalue weighted by atomic mass is 10.2. The van der Waals surface area contributed by atoms with E-state index in [1.807, 2.05) is 26.2 Å². The highest BCUT2D eigenvalue weighted by atomic mass is 32.1. The van der Waals surface area contributed by atoms with Crippen LogP contribution in [0, 0.1) is 6.92 Å². The van der Waals surface area contributed by atoms with Gasteiger partial charge in [0.1, 0.15) is 0 Å². The number of aryl methyl sites for hydroxylation is 1. The lowest BCUT2D eigenvalue weighted by molar-refractivity contribution is -0.140. The highest BCUT2D eigenvalue weighted by Gasteiger charge is 2.39. The maximum Gasteiger partial charge on any atom is 0.247 e. The van der Waals surface area contributed by atoms with Crippen molar-refractivity contribution in [3.8, 4) is 0 Å². The second-order valence-electron chi connectivity index (χ2n) is 5.01. The molecule has 1 aliphatic rings. The number of hydrogen-bond acceptors (Lipinski definition) is 5. The van der Waals surface area contributed by atoms with Crippen molar-refractivity contribution in [1.29, 1.82) is 0 Å². The van der Waals surface area contributed by atoms with Gasteiger partial charge in [-0.3, -0.25) is 14.5 Å². The standard InChI is InChI=1S/C13H19N3O2S/c1-8(2)16-12(17)6-11(13(16)18)14-5-4-10-7-19-9(3)15-10/h7-8,11,14H,4-6H2,1-3H3. The summed E-state index contributed by atoms with van der Waals surface area (Å²) in [7, 11) is 0. The first-order chi connectivity index (χ1) is 8.99. The number of likely N-dealkylation sites (tertiary alicyclic amines) is 1. The van der Waals surface area contributed by atoms with Crippen LogP contribution in [0.1, 0.15) is 31.0 Å². The molecule has 19 heavy (non-hydrogen) atoms. The van der Waals surface area contributed by atoms with Gasteiger partial charge in [-0.05, 0) is 20.8 Å². The molecule has 2 heterocycles. The summed E-state index contributed by atoms with van der Waals surface area (Å²) in [6.07, 6.45) is 1.05. The Labute approximate surface area is 117 Å². The van der Waals surface area contributed by atoms with Crippen LogP contribution in [0.25, 0.3) is 0 Å². The van der Waals surface area contributed by atoms with Crippen molar-refractivity contribution in [2.45, 2.75) is 45.7 Å². The first kappa shape index (κ1) is 14.1. The van der Waals surface area contributed by atoms with Crippen molar-refractivity contribution in [2.75, 3.05) is 6.54 Å². The number of carbonyl (C=O) groups excluding carboxylic acids is 2. The molecule has 1 aromatic heterocycles. The average Bonchev–Trinajstić information content (AvgIpc) is 2.84. The molecule has 104 valence electrons. The molecule has 2 rings (SSSR count). The Bertz CT molecular complexity index is 484. The summed E-state index contributed by atoms with van der Waals surface area (Å²) in [6.45, 7) is 6.35. The molecule has 0 spiro atoms. The van der Waals surface area contributed by atoms with Gasteiger partial charge in [0.15, 0.2) is 0 Å². The predicted octanol–water partition coefficient (Wildman–Crippen LogP) is 1.12. The summed E-state index contributed by atoms with van der Waals surface area (Å²) < 4.78 is 0. The number of imide groups is 1. The zero-order valence-corrected chi connectivity index (χ0v) is 12.3. The molecule has 0 aromatic carbocycles. The van der Waals surface area contributed by atoms with Gasteiger partial charge in [-0.1, -0.05) is 0 Å². The van der Waals surface area contributed by atoms with Crippen LogP contribution in [0.4, 0.5) is 0 Å². The molecule has 1 fully saturated rings. The van der Waals surface area contributed by atoms with E-state index in [9.17, 15) is 9.59 Å². The minimum atomic E-state index is -0.366. The van der Waals surface area contributed by atoms with Gasteiger partial charge in [0.2, 0.25) is 11.8 Å². The molecule has 1 atom stereocenters. The maximum absolute atomic E-state index is 12.0. The van der Waals surface area contributed by atoms with E-state index < -0.39 is 0 Å². The smallest absolute Gasteiger partial charge is 0.247 e. The first-order valence-electron chi connectivity index (χ1n) is 6.49. The number of hydrogen-bond donors (Lipinski definition) is 1. The Kier molecular flexibility index (Phi) is 4.31. The van der Waals surface area contributed by atoms with Crippen molar-refractivity contribution >= 4 is 23.2 Å². The lowest BCUT2D eigenvalue weighted by Crippen LogP contribution is -2.42. The van der Waals surface area contributed by atoms with E-state index in [-0.39, 0.29) is 30.3 Å². The second kappa shape index (κ2) is 5.79. The summed E-state index contributed by atoms with van der Waals surface area (Å²) in [6, 6.07) is -0.428. The lowest BCUT2D eigenvalue weighted by Gasteiger charge is -2.19. The van der Waals surface area contributed by atoms with E-state index in [1.54, 1.807) is 11.3 Å². The van der Waals surface area contributed by atoms with Gasteiger partial charge in [0.05, 0.1) is 23.2 Å². The van der Waals surface area contributed by atoms with E-state index >= 15 is 0 Å². The summed E-state index contributed by atoms with van der Waals surface area (Å²) in [5.74, 6) is -0.184. The summed E-state index contributed by atoms with van der Waals surface area (Å²) >= 11 is 1.62. The third-order valence-corrected chi connectivity index (χ3v) is 3.96. The van der Waals surface area contributed by atoms with Gasteiger partial charge in [-0.2, -0.15) is 0 Å². The Hall–Kier alpha value is -1.27. The molecule has 0 aliphatic carbocycles. The van der Waals surface area contributed by atoms with E-state index in [0.717, 1.165) is 17.1 Å². The molecular weight excluding hydrogens is 262 g/mol. The van der Waals surface area contributed by atoms with Crippen LogP contribution >= 0.6 is 11.3 Å². The molecule has 2 amide bonds. The van der Waals surface area contributed by atoms with Crippen LogP contribution in [0.5, 0.6) is 0 Å². The Morgan fingerprint density at radius 3 is 2.79 bits per heavy atom. The molecule has 1 aromatic rings. The third-order valence-electron chi connectivity index (χ3n) is 3.14. The van der Waals surface area contributed by atoms with Crippen LogP contribution in [-0.4, -0.2) is 40.3 Å². The van der Waals surface area contributed by atoms with Crippen molar-refractivity contribution < 1.29 is 9.59 Å². The molecule has 0 saturated carbocycles. The number of thiazole rings is 1. The van der Waals surface area contributed by atoms with E-state index in [2.05, 4.69) is 10.3 Å². The number of carbonyl (C=O) groups is 2. The monoisotopic (exact) mass is 281 g/mol. The number of aromatic nitrogens is 1. The average molecular weight is 281 g/mol. The fourth-order valence-electron chi connectivity index (χ4n) is 2.25. The van der Waals surface area contributed by atoms with E-state index in [1.165, 1.54) is 4.90 Å². The molecule has 0 radical (unpaired) electrons. The molecule has 1 aliphatic heterocycles. The first-order valence-corrected chi connectivity index (χ1v) is 7.37. The van der Waals surface area contributed by atoms with Crippen LogP contribution < -0.4 is 5.32 Å². The van der Waals surface area contributed by atoms with Gasteiger partial charge in [0, 0.05) is 24.4 Å². The third kappa shape index (κ3) is 3.19. The van der Waals surface area contributed by atoms with Gasteiger partial charge in [-0.25, -0.2) is 4.98 Å². The molecule has 1 saturated heterocycles. The van der Waals surface area contributed by atoms with E-state index in [4.69, 9.17) is 0 Å². The number of nitrogens with one attached hydrogen (secondary N) is 1. The van der Waals surface area contributed by atoms with Crippen molar-refractivity contribution in [1.82, 2.24) is 15.2 Å². The van der Waals surface area contributed by atoms with Crippen LogP contribution in [0.15, 0.2) is 5.38 Å². The summed E-state index contributed by atoms with van der Waals surface area (Å²) in [4.78, 5) is 29.5. The number of rotatable bonds is 5. The minimum absolute atomic E-state index is 0.0620. The topological polar surface area (TPSA) is 62.3 Å². The normalized spacial score (nSPS) is 19.8. The van der Waals surface area contributed by atoms with Gasteiger partial charge in [0.25, 0.3) is 0 Å². The van der Waals surface area contributed by atoms with Crippen LogP contribution in [0.2, 0.25) is 0 Å². The summed E-state index contributed by atoms with van der Waals surface area (Å²) in [5.41, 5.74) is 1.03. The van der Waals surface area contributed by atoms with Crippen molar-refractivity contribution in [2.24, 2.45) is 0 Å². The van der Waals surface area contributed by atoms with Crippen molar-refractivity contribution in [3.63, 3.8) is 0 Å².